The van der Waals surface area contributed by atoms with E-state index in [-0.39, 0.29) is 23.0 Å². The quantitative estimate of drug-likeness (QED) is 0.870. The van der Waals surface area contributed by atoms with Gasteiger partial charge in [0.05, 0.1) is 11.4 Å². The number of hydrogen-bond donors (Lipinski definition) is 1. The number of nitrogens with two attached hydrogens (primary N) is 1. The average Bonchev–Trinajstić information content (AvgIpc) is 2.25. The van der Waals surface area contributed by atoms with Crippen molar-refractivity contribution in [3.05, 3.63) is 23.5 Å². The van der Waals surface area contributed by atoms with Crippen molar-refractivity contribution in [1.29, 1.82) is 0 Å². The number of rotatable bonds is 4. The second kappa shape index (κ2) is 6.34. The minimum atomic E-state index is -4.58. The first-order valence-electron chi connectivity index (χ1n) is 5.88. The summed E-state index contributed by atoms with van der Waals surface area (Å²) in [6, 6.07) is 2.03. The number of hydrogen-bond acceptors (Lipinski definition) is 3. The molecule has 0 saturated carbocycles. The highest BCUT2D eigenvalue weighted by Gasteiger charge is 2.33. The number of nitrogens with zero attached hydrogens (tertiary/aromatic N) is 2. The largest absolute Gasteiger partial charge is 0.433 e. The molecule has 2 N–H and O–H groups in total. The van der Waals surface area contributed by atoms with E-state index in [0.717, 1.165) is 6.07 Å². The van der Waals surface area contributed by atoms with Crippen LogP contribution in [-0.2, 0) is 17.2 Å². The average molecular weight is 307 g/mol. The summed E-state index contributed by atoms with van der Waals surface area (Å²) in [6.07, 6.45) is -4.58. The predicted octanol–water partition coefficient (Wildman–Crippen LogP) is 2.81. The Morgan fingerprint density at radius 1 is 1.45 bits per heavy atom. The zero-order valence-electron chi connectivity index (χ0n) is 11.4. The highest BCUT2D eigenvalue weighted by molar-refractivity contribution is 7.83. The van der Waals surface area contributed by atoms with Crippen LogP contribution >= 0.6 is 0 Å². The Labute approximate surface area is 117 Å². The first-order chi connectivity index (χ1) is 9.09. The number of aromatic nitrogens is 1. The van der Waals surface area contributed by atoms with Gasteiger partial charge < -0.3 is 5.73 Å². The third-order valence-electron chi connectivity index (χ3n) is 2.22. The molecule has 8 heteroatoms. The van der Waals surface area contributed by atoms with Crippen molar-refractivity contribution >= 4 is 22.4 Å². The molecule has 0 spiro atoms. The molecule has 0 radical (unpaired) electrons. The first-order valence-corrected chi connectivity index (χ1v) is 7.16. The highest BCUT2D eigenvalue weighted by Crippen LogP contribution is 2.29. The smallest absolute Gasteiger partial charge is 0.399 e. The Morgan fingerprint density at radius 2 is 2.05 bits per heavy atom. The summed E-state index contributed by atoms with van der Waals surface area (Å²) in [4.78, 5) is 3.47. The lowest BCUT2D eigenvalue weighted by atomic mass is 10.2. The zero-order valence-corrected chi connectivity index (χ0v) is 12.2. The SMILES string of the molecule is CC(=N[S@](=O)CC(C)C)c1cc(N)cc(C(F)(F)F)n1. The molecule has 1 aromatic heterocycles. The van der Waals surface area contributed by atoms with Gasteiger partial charge >= 0.3 is 6.18 Å². The molecule has 0 unspecified atom stereocenters. The van der Waals surface area contributed by atoms with E-state index in [1.54, 1.807) is 0 Å². The van der Waals surface area contributed by atoms with Crippen LogP contribution in [0, 0.1) is 5.92 Å². The van der Waals surface area contributed by atoms with E-state index in [2.05, 4.69) is 9.38 Å². The van der Waals surface area contributed by atoms with Crippen molar-refractivity contribution in [2.75, 3.05) is 11.5 Å². The lowest BCUT2D eigenvalue weighted by Gasteiger charge is -2.09. The molecule has 1 atom stereocenters. The molecule has 1 aromatic rings. The Bertz CT molecular complexity index is 541. The Hall–Kier alpha value is -1.44. The Balaban J connectivity index is 3.10. The Morgan fingerprint density at radius 3 is 2.55 bits per heavy atom. The third-order valence-corrected chi connectivity index (χ3v) is 3.65. The van der Waals surface area contributed by atoms with Gasteiger partial charge in [-0.3, -0.25) is 0 Å². The summed E-state index contributed by atoms with van der Waals surface area (Å²) < 4.78 is 53.4. The van der Waals surface area contributed by atoms with Crippen LogP contribution in [-0.4, -0.2) is 20.7 Å². The van der Waals surface area contributed by atoms with Gasteiger partial charge in [0.25, 0.3) is 0 Å². The molecule has 0 aliphatic rings. The molecular weight excluding hydrogens is 291 g/mol. The molecule has 20 heavy (non-hydrogen) atoms. The molecule has 0 aromatic carbocycles. The van der Waals surface area contributed by atoms with Gasteiger partial charge in [-0.1, -0.05) is 13.8 Å². The summed E-state index contributed by atoms with van der Waals surface area (Å²) in [7, 11) is -1.49. The topological polar surface area (TPSA) is 68.3 Å². The standard InChI is InChI=1S/C12H16F3N3OS/c1-7(2)6-20(19)18-8(3)10-4-9(16)5-11(17-10)12(13,14)15/h4-5,7H,6H2,1-3H3,(H2,16,17)/t20-/m1/s1. The van der Waals surface area contributed by atoms with Gasteiger partial charge in [0, 0.05) is 11.4 Å². The molecule has 1 rings (SSSR count). The van der Waals surface area contributed by atoms with Crippen molar-refractivity contribution in [2.24, 2.45) is 10.3 Å². The summed E-state index contributed by atoms with van der Waals surface area (Å²) in [5.41, 5.74) is 4.43. The van der Waals surface area contributed by atoms with Crippen molar-refractivity contribution in [1.82, 2.24) is 4.98 Å². The zero-order chi connectivity index (χ0) is 15.5. The van der Waals surface area contributed by atoms with Crippen LogP contribution < -0.4 is 5.73 Å². The number of halogens is 3. The maximum atomic E-state index is 12.6. The fraction of sp³-hybridized carbons (Fsp3) is 0.500. The van der Waals surface area contributed by atoms with Crippen molar-refractivity contribution in [3.8, 4) is 0 Å². The van der Waals surface area contributed by atoms with Gasteiger partial charge in [0.1, 0.15) is 16.7 Å². The molecular formula is C12H16F3N3OS. The van der Waals surface area contributed by atoms with E-state index in [4.69, 9.17) is 5.73 Å². The normalized spacial score (nSPS) is 14.7. The van der Waals surface area contributed by atoms with Gasteiger partial charge in [0.2, 0.25) is 0 Å². The predicted molar refractivity (Wildman–Crippen MR) is 73.7 cm³/mol. The van der Waals surface area contributed by atoms with Gasteiger partial charge in [0.15, 0.2) is 0 Å². The molecule has 0 bridgehead atoms. The van der Waals surface area contributed by atoms with E-state index in [0.29, 0.717) is 5.75 Å². The van der Waals surface area contributed by atoms with Gasteiger partial charge in [-0.2, -0.15) is 17.6 Å². The van der Waals surface area contributed by atoms with Crippen LogP contribution in [0.25, 0.3) is 0 Å². The number of nitrogen functional groups attached to an aromatic ring is 1. The minimum Gasteiger partial charge on any atom is -0.399 e. The molecule has 0 amide bonds. The molecule has 4 nitrogen and oxygen atoms in total. The molecule has 0 aliphatic heterocycles. The van der Waals surface area contributed by atoms with Crippen LogP contribution in [0.2, 0.25) is 0 Å². The summed E-state index contributed by atoms with van der Waals surface area (Å²) in [5.74, 6) is 0.512. The fourth-order valence-electron chi connectivity index (χ4n) is 1.40. The monoisotopic (exact) mass is 307 g/mol. The summed E-state index contributed by atoms with van der Waals surface area (Å²) in [6.45, 7) is 5.21. The fourth-order valence-corrected chi connectivity index (χ4v) is 2.45. The van der Waals surface area contributed by atoms with Crippen molar-refractivity contribution in [3.63, 3.8) is 0 Å². The van der Waals surface area contributed by atoms with Crippen molar-refractivity contribution < 1.29 is 17.4 Å². The molecule has 1 heterocycles. The number of pyridine rings is 1. The maximum Gasteiger partial charge on any atom is 0.433 e. The van der Waals surface area contributed by atoms with E-state index < -0.39 is 22.9 Å². The van der Waals surface area contributed by atoms with Crippen LogP contribution in [0.5, 0.6) is 0 Å². The second-order valence-corrected chi connectivity index (χ2v) is 5.89. The molecule has 112 valence electrons. The Kier molecular flexibility index (Phi) is 5.27. The van der Waals surface area contributed by atoms with Gasteiger partial charge in [-0.05, 0) is 25.0 Å². The number of alkyl halides is 3. The first kappa shape index (κ1) is 16.6. The van der Waals surface area contributed by atoms with Gasteiger partial charge in [-0.25, -0.2) is 9.19 Å². The summed E-state index contributed by atoms with van der Waals surface area (Å²) >= 11 is 0. The van der Waals surface area contributed by atoms with Crippen molar-refractivity contribution in [2.45, 2.75) is 26.9 Å². The summed E-state index contributed by atoms with van der Waals surface area (Å²) in [5, 5.41) is 0. The van der Waals surface area contributed by atoms with Crippen LogP contribution in [0.1, 0.15) is 32.2 Å². The van der Waals surface area contributed by atoms with E-state index >= 15 is 0 Å². The molecule has 0 saturated heterocycles. The van der Waals surface area contributed by atoms with E-state index in [1.165, 1.54) is 13.0 Å². The van der Waals surface area contributed by atoms with Crippen LogP contribution in [0.3, 0.4) is 0 Å². The third kappa shape index (κ3) is 4.92. The van der Waals surface area contributed by atoms with Crippen LogP contribution in [0.4, 0.5) is 18.9 Å². The molecule has 0 aliphatic carbocycles. The van der Waals surface area contributed by atoms with E-state index in [1.807, 2.05) is 13.8 Å². The molecule has 0 fully saturated rings. The maximum absolute atomic E-state index is 12.6. The lowest BCUT2D eigenvalue weighted by Crippen LogP contribution is -2.13. The minimum absolute atomic E-state index is 0.0190. The van der Waals surface area contributed by atoms with Crippen LogP contribution in [0.15, 0.2) is 16.5 Å². The second-order valence-electron chi connectivity index (χ2n) is 4.73. The lowest BCUT2D eigenvalue weighted by molar-refractivity contribution is -0.141. The number of anilines is 1. The highest BCUT2D eigenvalue weighted by atomic mass is 32.2. The van der Waals surface area contributed by atoms with Gasteiger partial charge in [-0.15, -0.1) is 0 Å². The van der Waals surface area contributed by atoms with E-state index in [9.17, 15) is 17.4 Å².